The van der Waals surface area contributed by atoms with E-state index in [-0.39, 0.29) is 12.0 Å². The van der Waals surface area contributed by atoms with Crippen LogP contribution in [0.15, 0.2) is 30.3 Å². The second-order valence-electron chi connectivity index (χ2n) is 4.58. The standard InChI is InChI=1S/C15H19NO5/c1-2-3-9-13(18)16(12(10-17)15(20)21)14(19)11-7-5-4-6-8-11/h4-8,12,17H,2-3,9-10H2,1H3,(H,20,21). The fourth-order valence-electron chi connectivity index (χ4n) is 1.87. The summed E-state index contributed by atoms with van der Waals surface area (Å²) in [6, 6.07) is 6.38. The van der Waals surface area contributed by atoms with E-state index in [4.69, 9.17) is 5.11 Å². The number of benzene rings is 1. The van der Waals surface area contributed by atoms with Crippen molar-refractivity contribution in [2.24, 2.45) is 0 Å². The molecule has 6 heteroatoms. The summed E-state index contributed by atoms with van der Waals surface area (Å²) in [5.74, 6) is -2.71. The van der Waals surface area contributed by atoms with Crippen LogP contribution in [0.5, 0.6) is 0 Å². The molecule has 1 unspecified atom stereocenters. The molecule has 2 amide bonds. The van der Waals surface area contributed by atoms with E-state index >= 15 is 0 Å². The summed E-state index contributed by atoms with van der Waals surface area (Å²) < 4.78 is 0. The van der Waals surface area contributed by atoms with Gasteiger partial charge in [0.05, 0.1) is 6.61 Å². The van der Waals surface area contributed by atoms with E-state index in [9.17, 15) is 19.5 Å². The van der Waals surface area contributed by atoms with E-state index in [0.29, 0.717) is 11.3 Å². The van der Waals surface area contributed by atoms with Gasteiger partial charge < -0.3 is 10.2 Å². The number of unbranched alkanes of at least 4 members (excludes halogenated alkanes) is 1. The normalized spacial score (nSPS) is 11.7. The second kappa shape index (κ2) is 8.16. The highest BCUT2D eigenvalue weighted by molar-refractivity contribution is 6.07. The minimum Gasteiger partial charge on any atom is -0.480 e. The van der Waals surface area contributed by atoms with E-state index in [1.54, 1.807) is 18.2 Å². The average molecular weight is 293 g/mol. The lowest BCUT2D eigenvalue weighted by molar-refractivity contribution is -0.149. The van der Waals surface area contributed by atoms with Gasteiger partial charge in [-0.05, 0) is 18.6 Å². The van der Waals surface area contributed by atoms with Gasteiger partial charge in [0.25, 0.3) is 5.91 Å². The molecule has 1 aromatic carbocycles. The molecular formula is C15H19NO5. The number of carboxylic acids is 1. The van der Waals surface area contributed by atoms with Crippen molar-refractivity contribution in [2.75, 3.05) is 6.61 Å². The van der Waals surface area contributed by atoms with Gasteiger partial charge in [-0.15, -0.1) is 0 Å². The van der Waals surface area contributed by atoms with Crippen LogP contribution in [-0.2, 0) is 9.59 Å². The molecule has 6 nitrogen and oxygen atoms in total. The number of carbonyl (C=O) groups is 3. The molecule has 0 spiro atoms. The molecule has 0 aliphatic carbocycles. The summed E-state index contributed by atoms with van der Waals surface area (Å²) in [5.41, 5.74) is 0.210. The van der Waals surface area contributed by atoms with Gasteiger partial charge in [-0.1, -0.05) is 31.5 Å². The van der Waals surface area contributed by atoms with Crippen LogP contribution in [-0.4, -0.2) is 45.5 Å². The first-order valence-corrected chi connectivity index (χ1v) is 6.78. The van der Waals surface area contributed by atoms with Gasteiger partial charge in [0.1, 0.15) is 0 Å². The number of rotatable bonds is 7. The third-order valence-electron chi connectivity index (χ3n) is 3.02. The van der Waals surface area contributed by atoms with Crippen LogP contribution in [0.25, 0.3) is 0 Å². The molecule has 2 N–H and O–H groups in total. The Balaban J connectivity index is 3.09. The number of hydrogen-bond acceptors (Lipinski definition) is 4. The molecule has 21 heavy (non-hydrogen) atoms. The number of hydrogen-bond donors (Lipinski definition) is 2. The van der Waals surface area contributed by atoms with Gasteiger partial charge >= 0.3 is 5.97 Å². The molecule has 114 valence electrons. The Morgan fingerprint density at radius 1 is 1.19 bits per heavy atom. The van der Waals surface area contributed by atoms with E-state index in [2.05, 4.69) is 0 Å². The Labute approximate surface area is 123 Å². The molecule has 1 aromatic rings. The Kier molecular flexibility index (Phi) is 6.55. The lowest BCUT2D eigenvalue weighted by atomic mass is 10.1. The number of nitrogens with zero attached hydrogens (tertiary/aromatic N) is 1. The van der Waals surface area contributed by atoms with Crippen molar-refractivity contribution in [2.45, 2.75) is 32.2 Å². The van der Waals surface area contributed by atoms with Crippen molar-refractivity contribution >= 4 is 17.8 Å². The predicted molar refractivity (Wildman–Crippen MR) is 75.7 cm³/mol. The van der Waals surface area contributed by atoms with Crippen molar-refractivity contribution < 1.29 is 24.6 Å². The van der Waals surface area contributed by atoms with Crippen LogP contribution in [0, 0.1) is 0 Å². The number of amides is 2. The number of aliphatic carboxylic acids is 1. The molecule has 0 saturated carbocycles. The minimum absolute atomic E-state index is 0.0683. The fraction of sp³-hybridized carbons (Fsp3) is 0.400. The highest BCUT2D eigenvalue weighted by Gasteiger charge is 2.34. The quantitative estimate of drug-likeness (QED) is 0.790. The van der Waals surface area contributed by atoms with Crippen LogP contribution >= 0.6 is 0 Å². The van der Waals surface area contributed by atoms with Crippen LogP contribution in [0.1, 0.15) is 36.5 Å². The Morgan fingerprint density at radius 2 is 1.81 bits per heavy atom. The molecule has 0 heterocycles. The Bertz CT molecular complexity index is 500. The van der Waals surface area contributed by atoms with E-state index in [0.717, 1.165) is 6.42 Å². The summed E-state index contributed by atoms with van der Waals surface area (Å²) in [6.07, 6.45) is 1.37. The van der Waals surface area contributed by atoms with E-state index < -0.39 is 30.4 Å². The maximum Gasteiger partial charge on any atom is 0.329 e. The van der Waals surface area contributed by atoms with E-state index in [1.165, 1.54) is 12.1 Å². The fourth-order valence-corrected chi connectivity index (χ4v) is 1.87. The smallest absolute Gasteiger partial charge is 0.329 e. The second-order valence-corrected chi connectivity index (χ2v) is 4.58. The van der Waals surface area contributed by atoms with Crippen LogP contribution in [0.3, 0.4) is 0 Å². The summed E-state index contributed by atoms with van der Waals surface area (Å²) in [5, 5.41) is 18.3. The first-order valence-electron chi connectivity index (χ1n) is 6.78. The van der Waals surface area contributed by atoms with E-state index in [1.807, 2.05) is 6.92 Å². The molecular weight excluding hydrogens is 274 g/mol. The molecule has 0 radical (unpaired) electrons. The topological polar surface area (TPSA) is 94.9 Å². The molecule has 1 atom stereocenters. The van der Waals surface area contributed by atoms with Crippen LogP contribution in [0.4, 0.5) is 0 Å². The third-order valence-corrected chi connectivity index (χ3v) is 3.02. The number of aliphatic hydroxyl groups excluding tert-OH is 1. The zero-order valence-electron chi connectivity index (χ0n) is 11.9. The van der Waals surface area contributed by atoms with Gasteiger partial charge in [-0.2, -0.15) is 0 Å². The van der Waals surface area contributed by atoms with Crippen LogP contribution in [0.2, 0.25) is 0 Å². The van der Waals surface area contributed by atoms with Crippen LogP contribution < -0.4 is 0 Å². The zero-order chi connectivity index (χ0) is 15.8. The Morgan fingerprint density at radius 3 is 2.29 bits per heavy atom. The summed E-state index contributed by atoms with van der Waals surface area (Å²) in [4.78, 5) is 36.4. The zero-order valence-corrected chi connectivity index (χ0v) is 11.9. The summed E-state index contributed by atoms with van der Waals surface area (Å²) in [7, 11) is 0. The number of carbonyl (C=O) groups excluding carboxylic acids is 2. The average Bonchev–Trinajstić information content (AvgIpc) is 2.49. The number of carboxylic acid groups (broad SMARTS) is 1. The molecule has 0 aromatic heterocycles. The van der Waals surface area contributed by atoms with Crippen molar-refractivity contribution in [1.29, 1.82) is 0 Å². The van der Waals surface area contributed by atoms with Gasteiger partial charge in [0.2, 0.25) is 5.91 Å². The van der Waals surface area contributed by atoms with Crippen molar-refractivity contribution in [3.05, 3.63) is 35.9 Å². The monoisotopic (exact) mass is 293 g/mol. The van der Waals surface area contributed by atoms with Crippen molar-refractivity contribution in [3.8, 4) is 0 Å². The lowest BCUT2D eigenvalue weighted by Crippen LogP contribution is -2.50. The highest BCUT2D eigenvalue weighted by Crippen LogP contribution is 2.12. The first kappa shape index (κ1) is 16.8. The molecule has 0 aliphatic heterocycles. The summed E-state index contributed by atoms with van der Waals surface area (Å²) >= 11 is 0. The van der Waals surface area contributed by atoms with Crippen molar-refractivity contribution in [3.63, 3.8) is 0 Å². The number of imide groups is 1. The van der Waals surface area contributed by atoms with Gasteiger partial charge in [-0.25, -0.2) is 4.79 Å². The molecule has 0 bridgehead atoms. The maximum absolute atomic E-state index is 12.4. The van der Waals surface area contributed by atoms with Crippen molar-refractivity contribution in [1.82, 2.24) is 4.90 Å². The molecule has 0 aliphatic rings. The number of aliphatic hydroxyl groups is 1. The summed E-state index contributed by atoms with van der Waals surface area (Å²) in [6.45, 7) is 1.07. The van der Waals surface area contributed by atoms with Gasteiger partial charge in [0, 0.05) is 12.0 Å². The largest absolute Gasteiger partial charge is 0.480 e. The highest BCUT2D eigenvalue weighted by atomic mass is 16.4. The molecule has 1 rings (SSSR count). The first-order chi connectivity index (χ1) is 10.0. The lowest BCUT2D eigenvalue weighted by Gasteiger charge is -2.26. The predicted octanol–water partition coefficient (Wildman–Crippen LogP) is 1.29. The maximum atomic E-state index is 12.4. The van der Waals surface area contributed by atoms with Gasteiger partial charge in [-0.3, -0.25) is 14.5 Å². The SMILES string of the molecule is CCCCC(=O)N(C(=O)c1ccccc1)C(CO)C(=O)O. The molecule has 0 saturated heterocycles. The molecule has 0 fully saturated rings. The van der Waals surface area contributed by atoms with Gasteiger partial charge in [0.15, 0.2) is 6.04 Å². The Hall–Kier alpha value is -2.21. The third kappa shape index (κ3) is 4.39. The minimum atomic E-state index is -1.57.